The highest BCUT2D eigenvalue weighted by Gasteiger charge is 2.25. The van der Waals surface area contributed by atoms with Crippen LogP contribution in [0.1, 0.15) is 32.8 Å². The number of hydrogen-bond donors (Lipinski definition) is 3. The van der Waals surface area contributed by atoms with Crippen molar-refractivity contribution in [3.05, 3.63) is 46.1 Å². The van der Waals surface area contributed by atoms with Gasteiger partial charge in [-0.1, -0.05) is 0 Å². The first-order chi connectivity index (χ1) is 14.2. The van der Waals surface area contributed by atoms with Crippen LogP contribution in [0.25, 0.3) is 22.3 Å². The average molecular weight is 414 g/mol. The average Bonchev–Trinajstić information content (AvgIpc) is 2.70. The third-order valence-electron chi connectivity index (χ3n) is 5.07. The van der Waals surface area contributed by atoms with Crippen LogP contribution in [-0.2, 0) is 11.2 Å². The van der Waals surface area contributed by atoms with Crippen LogP contribution in [0.2, 0.25) is 0 Å². The minimum absolute atomic E-state index is 0.0356. The Morgan fingerprint density at radius 3 is 2.33 bits per heavy atom. The van der Waals surface area contributed by atoms with Crippen molar-refractivity contribution in [3.63, 3.8) is 0 Å². The lowest BCUT2D eigenvalue weighted by Gasteiger charge is -2.25. The summed E-state index contributed by atoms with van der Waals surface area (Å²) in [6.45, 7) is 6.31. The molecule has 1 heterocycles. The van der Waals surface area contributed by atoms with Crippen molar-refractivity contribution < 1.29 is 29.2 Å². The second-order valence-electron chi connectivity index (χ2n) is 7.63. The second-order valence-corrected chi connectivity index (χ2v) is 7.63. The zero-order valence-electron chi connectivity index (χ0n) is 17.5. The standard InChI is InChI=1S/C23H26O7/c1-5-29-23(2,3)11-10-15-16(24)12-17(25)18-19(26)20(27)21(30-22(15)18)13-6-8-14(28-4)9-7-13/h6-9,12,24-25,27H,5,10-11H2,1-4H3. The SMILES string of the molecule is CCOC(C)(C)CCc1c(O)cc(O)c2c(=O)c(O)c(-c3ccc(OC)cc3)oc12. The minimum Gasteiger partial charge on any atom is -0.507 e. The molecule has 0 aliphatic rings. The number of rotatable bonds is 7. The molecule has 3 aromatic rings. The number of benzene rings is 2. The zero-order chi connectivity index (χ0) is 22.1. The zero-order valence-corrected chi connectivity index (χ0v) is 17.5. The third-order valence-corrected chi connectivity index (χ3v) is 5.07. The van der Waals surface area contributed by atoms with E-state index in [2.05, 4.69) is 0 Å². The number of fused-ring (bicyclic) bond motifs is 1. The lowest BCUT2D eigenvalue weighted by atomic mass is 9.96. The normalized spacial score (nSPS) is 11.7. The molecular formula is C23H26O7. The Hall–Kier alpha value is -3.19. The highest BCUT2D eigenvalue weighted by Crippen LogP contribution is 2.39. The maximum Gasteiger partial charge on any atom is 0.238 e. The van der Waals surface area contributed by atoms with Crippen LogP contribution in [0.4, 0.5) is 0 Å². The van der Waals surface area contributed by atoms with Crippen molar-refractivity contribution in [1.29, 1.82) is 0 Å². The van der Waals surface area contributed by atoms with E-state index < -0.39 is 22.5 Å². The molecule has 7 heteroatoms. The van der Waals surface area contributed by atoms with Gasteiger partial charge >= 0.3 is 0 Å². The molecule has 0 spiro atoms. The molecule has 30 heavy (non-hydrogen) atoms. The number of aromatic hydroxyl groups is 3. The van der Waals surface area contributed by atoms with Crippen molar-refractivity contribution in [2.24, 2.45) is 0 Å². The van der Waals surface area contributed by atoms with Crippen LogP contribution >= 0.6 is 0 Å². The first-order valence-corrected chi connectivity index (χ1v) is 9.70. The quantitative estimate of drug-likeness (QED) is 0.528. The Balaban J connectivity index is 2.19. The van der Waals surface area contributed by atoms with Crippen LogP contribution in [-0.4, -0.2) is 34.6 Å². The molecule has 0 fully saturated rings. The summed E-state index contributed by atoms with van der Waals surface area (Å²) in [5, 5.41) is 31.0. The molecule has 0 radical (unpaired) electrons. The molecule has 3 N–H and O–H groups in total. The lowest BCUT2D eigenvalue weighted by molar-refractivity contribution is -0.0158. The summed E-state index contributed by atoms with van der Waals surface area (Å²) >= 11 is 0. The van der Waals surface area contributed by atoms with Crippen molar-refractivity contribution in [1.82, 2.24) is 0 Å². The lowest BCUT2D eigenvalue weighted by Crippen LogP contribution is -2.25. The van der Waals surface area contributed by atoms with E-state index in [0.717, 1.165) is 6.07 Å². The van der Waals surface area contributed by atoms with Gasteiger partial charge in [0.1, 0.15) is 28.2 Å². The molecule has 3 rings (SSSR count). The highest BCUT2D eigenvalue weighted by molar-refractivity contribution is 5.91. The minimum atomic E-state index is -0.773. The van der Waals surface area contributed by atoms with Crippen molar-refractivity contribution in [3.8, 4) is 34.3 Å². The van der Waals surface area contributed by atoms with Gasteiger partial charge in [-0.15, -0.1) is 0 Å². The molecule has 0 bridgehead atoms. The topological polar surface area (TPSA) is 109 Å². The highest BCUT2D eigenvalue weighted by atomic mass is 16.5. The van der Waals surface area contributed by atoms with Crippen molar-refractivity contribution in [2.45, 2.75) is 39.2 Å². The van der Waals surface area contributed by atoms with Crippen molar-refractivity contribution >= 4 is 11.0 Å². The maximum absolute atomic E-state index is 12.8. The van der Waals surface area contributed by atoms with Gasteiger partial charge in [-0.25, -0.2) is 0 Å². The number of aryl methyl sites for hydroxylation is 1. The Morgan fingerprint density at radius 1 is 1.07 bits per heavy atom. The first kappa shape index (κ1) is 21.5. The fourth-order valence-electron chi connectivity index (χ4n) is 3.44. The van der Waals surface area contributed by atoms with E-state index in [-0.39, 0.29) is 22.5 Å². The van der Waals surface area contributed by atoms with E-state index >= 15 is 0 Å². The Morgan fingerprint density at radius 2 is 1.73 bits per heavy atom. The molecule has 0 saturated heterocycles. The first-order valence-electron chi connectivity index (χ1n) is 9.70. The number of hydrogen-bond acceptors (Lipinski definition) is 7. The fourth-order valence-corrected chi connectivity index (χ4v) is 3.44. The molecule has 0 amide bonds. The molecule has 7 nitrogen and oxygen atoms in total. The summed E-state index contributed by atoms with van der Waals surface area (Å²) in [5.41, 5.74) is -0.377. The summed E-state index contributed by atoms with van der Waals surface area (Å²) in [6, 6.07) is 7.72. The van der Waals surface area contributed by atoms with Gasteiger partial charge in [-0.2, -0.15) is 0 Å². The van der Waals surface area contributed by atoms with E-state index in [1.165, 1.54) is 7.11 Å². The smallest absolute Gasteiger partial charge is 0.238 e. The van der Waals surface area contributed by atoms with Crippen LogP contribution in [0, 0.1) is 0 Å². The van der Waals surface area contributed by atoms with Gasteiger partial charge in [-0.05, 0) is 57.9 Å². The molecule has 0 saturated carbocycles. The number of phenolic OH excluding ortho intramolecular Hbond substituents is 2. The summed E-state index contributed by atoms with van der Waals surface area (Å²) in [5.74, 6) is -0.710. The van der Waals surface area contributed by atoms with Gasteiger partial charge in [0.05, 0.1) is 12.7 Å². The third kappa shape index (κ3) is 4.07. The molecule has 0 unspecified atom stereocenters. The predicted octanol–water partition coefficient (Wildman–Crippen LogP) is 4.33. The van der Waals surface area contributed by atoms with E-state index in [1.807, 2.05) is 20.8 Å². The van der Waals surface area contributed by atoms with Crippen LogP contribution in [0.5, 0.6) is 23.0 Å². The van der Waals surface area contributed by atoms with E-state index in [1.54, 1.807) is 24.3 Å². The fraction of sp³-hybridized carbons (Fsp3) is 0.348. The van der Waals surface area contributed by atoms with Gasteiger partial charge in [0.25, 0.3) is 0 Å². The summed E-state index contributed by atoms with van der Waals surface area (Å²) in [7, 11) is 1.53. The molecule has 2 aromatic carbocycles. The van der Waals surface area contributed by atoms with E-state index in [4.69, 9.17) is 13.9 Å². The Kier molecular flexibility index (Phi) is 5.94. The number of phenols is 2. The summed E-state index contributed by atoms with van der Waals surface area (Å²) in [6.07, 6.45) is 0.877. The number of ether oxygens (including phenoxy) is 2. The largest absolute Gasteiger partial charge is 0.507 e. The van der Waals surface area contributed by atoms with E-state index in [9.17, 15) is 20.1 Å². The molecule has 0 aliphatic heterocycles. The van der Waals surface area contributed by atoms with E-state index in [0.29, 0.717) is 36.3 Å². The summed E-state index contributed by atoms with van der Waals surface area (Å²) < 4.78 is 16.7. The predicted molar refractivity (Wildman–Crippen MR) is 113 cm³/mol. The second kappa shape index (κ2) is 8.28. The van der Waals surface area contributed by atoms with Gasteiger partial charge in [0, 0.05) is 23.8 Å². The molecular weight excluding hydrogens is 388 g/mol. The molecule has 0 atom stereocenters. The number of methoxy groups -OCH3 is 1. The van der Waals surface area contributed by atoms with Crippen LogP contribution < -0.4 is 10.2 Å². The van der Waals surface area contributed by atoms with Gasteiger partial charge in [-0.3, -0.25) is 4.79 Å². The van der Waals surface area contributed by atoms with Gasteiger partial charge in [0.2, 0.25) is 11.2 Å². The van der Waals surface area contributed by atoms with Crippen LogP contribution in [0.15, 0.2) is 39.5 Å². The van der Waals surface area contributed by atoms with Crippen molar-refractivity contribution in [2.75, 3.05) is 13.7 Å². The summed E-state index contributed by atoms with van der Waals surface area (Å²) in [4.78, 5) is 12.8. The van der Waals surface area contributed by atoms with Gasteiger partial charge < -0.3 is 29.2 Å². The molecule has 1 aromatic heterocycles. The molecule has 160 valence electrons. The van der Waals surface area contributed by atoms with Gasteiger partial charge in [0.15, 0.2) is 5.76 Å². The monoisotopic (exact) mass is 414 g/mol. The maximum atomic E-state index is 12.8. The molecule has 0 aliphatic carbocycles. The Labute approximate surface area is 174 Å². The van der Waals surface area contributed by atoms with Crippen LogP contribution in [0.3, 0.4) is 0 Å². The Bertz CT molecular complexity index is 1110.